The molecule has 0 aliphatic heterocycles. The van der Waals surface area contributed by atoms with Crippen LogP contribution in [0, 0.1) is 0 Å². The van der Waals surface area contributed by atoms with Crippen molar-refractivity contribution in [3.63, 3.8) is 0 Å². The van der Waals surface area contributed by atoms with Crippen molar-refractivity contribution in [2.45, 2.75) is 0 Å². The Hall–Kier alpha value is -1.61. The smallest absolute Gasteiger partial charge is 0.151 e. The van der Waals surface area contributed by atoms with Crippen molar-refractivity contribution in [3.05, 3.63) is 41.6 Å². The predicted molar refractivity (Wildman–Crippen MR) is 56.9 cm³/mol. The fraction of sp³-hybridized carbons (Fsp3) is 0. The standard InChI is InChI=1S/C10H8ClN3/c11-10-6-5-9(13-14-10)7-3-1-2-4-8(7)12/h1-6H,12H2. The van der Waals surface area contributed by atoms with Crippen LogP contribution < -0.4 is 5.73 Å². The Labute approximate surface area is 86.5 Å². The van der Waals surface area contributed by atoms with Gasteiger partial charge in [0.25, 0.3) is 0 Å². The minimum Gasteiger partial charge on any atom is -0.398 e. The molecule has 2 rings (SSSR count). The van der Waals surface area contributed by atoms with Crippen LogP contribution in [-0.2, 0) is 0 Å². The molecule has 1 heterocycles. The van der Waals surface area contributed by atoms with Crippen LogP contribution >= 0.6 is 11.6 Å². The summed E-state index contributed by atoms with van der Waals surface area (Å²) in [5, 5.41) is 8.08. The van der Waals surface area contributed by atoms with Gasteiger partial charge in [-0.05, 0) is 18.2 Å². The molecular weight excluding hydrogens is 198 g/mol. The number of halogens is 1. The number of nitrogens with two attached hydrogens (primary N) is 1. The summed E-state index contributed by atoms with van der Waals surface area (Å²) >= 11 is 5.63. The average molecular weight is 206 g/mol. The van der Waals surface area contributed by atoms with Gasteiger partial charge in [0, 0.05) is 11.3 Å². The van der Waals surface area contributed by atoms with Crippen LogP contribution in [0.15, 0.2) is 36.4 Å². The first-order valence-electron chi connectivity index (χ1n) is 4.11. The largest absolute Gasteiger partial charge is 0.398 e. The zero-order chi connectivity index (χ0) is 9.97. The van der Waals surface area contributed by atoms with Crippen molar-refractivity contribution in [3.8, 4) is 11.3 Å². The first-order chi connectivity index (χ1) is 6.77. The SMILES string of the molecule is Nc1ccccc1-c1ccc(Cl)nn1. The molecular formula is C10H8ClN3. The van der Waals surface area contributed by atoms with Gasteiger partial charge in [-0.15, -0.1) is 10.2 Å². The molecule has 70 valence electrons. The molecule has 0 fully saturated rings. The predicted octanol–water partition coefficient (Wildman–Crippen LogP) is 2.38. The third-order valence-corrected chi connectivity index (χ3v) is 2.07. The second-order valence-electron chi connectivity index (χ2n) is 2.83. The van der Waals surface area contributed by atoms with Gasteiger partial charge in [0.2, 0.25) is 0 Å². The van der Waals surface area contributed by atoms with Crippen molar-refractivity contribution >= 4 is 17.3 Å². The number of para-hydroxylation sites is 1. The van der Waals surface area contributed by atoms with E-state index >= 15 is 0 Å². The van der Waals surface area contributed by atoms with Crippen LogP contribution in [0.1, 0.15) is 0 Å². The molecule has 0 spiro atoms. The highest BCUT2D eigenvalue weighted by molar-refractivity contribution is 6.29. The van der Waals surface area contributed by atoms with Crippen molar-refractivity contribution in [2.75, 3.05) is 5.73 Å². The Bertz CT molecular complexity index is 439. The van der Waals surface area contributed by atoms with Crippen molar-refractivity contribution in [1.29, 1.82) is 0 Å². The molecule has 0 radical (unpaired) electrons. The van der Waals surface area contributed by atoms with Gasteiger partial charge in [-0.1, -0.05) is 29.8 Å². The molecule has 1 aromatic heterocycles. The quantitative estimate of drug-likeness (QED) is 0.728. The number of rotatable bonds is 1. The molecule has 0 unspecified atom stereocenters. The fourth-order valence-corrected chi connectivity index (χ4v) is 1.29. The number of hydrogen-bond donors (Lipinski definition) is 1. The summed E-state index contributed by atoms with van der Waals surface area (Å²) < 4.78 is 0. The summed E-state index contributed by atoms with van der Waals surface area (Å²) in [6.45, 7) is 0. The molecule has 0 aliphatic rings. The highest BCUT2D eigenvalue weighted by atomic mass is 35.5. The summed E-state index contributed by atoms with van der Waals surface area (Å²) in [4.78, 5) is 0. The summed E-state index contributed by atoms with van der Waals surface area (Å²) in [5.74, 6) is 0. The van der Waals surface area contributed by atoms with Crippen LogP contribution in [0.5, 0.6) is 0 Å². The number of nitrogens with zero attached hydrogens (tertiary/aromatic N) is 2. The zero-order valence-electron chi connectivity index (χ0n) is 7.31. The van der Waals surface area contributed by atoms with E-state index in [2.05, 4.69) is 10.2 Å². The van der Waals surface area contributed by atoms with E-state index in [4.69, 9.17) is 17.3 Å². The van der Waals surface area contributed by atoms with E-state index in [-0.39, 0.29) is 0 Å². The molecule has 4 heteroatoms. The van der Waals surface area contributed by atoms with Crippen LogP contribution in [0.2, 0.25) is 5.15 Å². The molecule has 0 amide bonds. The molecule has 1 aromatic carbocycles. The van der Waals surface area contributed by atoms with Crippen LogP contribution in [-0.4, -0.2) is 10.2 Å². The Kier molecular flexibility index (Phi) is 2.33. The number of benzene rings is 1. The van der Waals surface area contributed by atoms with Crippen molar-refractivity contribution in [2.24, 2.45) is 0 Å². The van der Waals surface area contributed by atoms with Gasteiger partial charge in [0.1, 0.15) is 0 Å². The number of hydrogen-bond acceptors (Lipinski definition) is 3. The third kappa shape index (κ3) is 1.67. The Morgan fingerprint density at radius 2 is 1.79 bits per heavy atom. The molecule has 0 aliphatic carbocycles. The molecule has 14 heavy (non-hydrogen) atoms. The van der Waals surface area contributed by atoms with Crippen LogP contribution in [0.25, 0.3) is 11.3 Å². The molecule has 0 bridgehead atoms. The first kappa shape index (κ1) is 8.97. The molecule has 3 nitrogen and oxygen atoms in total. The van der Waals surface area contributed by atoms with Gasteiger partial charge in [-0.2, -0.15) is 0 Å². The van der Waals surface area contributed by atoms with E-state index in [0.717, 1.165) is 11.3 Å². The van der Waals surface area contributed by atoms with Crippen LogP contribution in [0.4, 0.5) is 5.69 Å². The lowest BCUT2D eigenvalue weighted by Gasteiger charge is -2.02. The minimum absolute atomic E-state index is 0.378. The lowest BCUT2D eigenvalue weighted by atomic mass is 10.1. The van der Waals surface area contributed by atoms with Gasteiger partial charge in [-0.25, -0.2) is 0 Å². The van der Waals surface area contributed by atoms with Crippen molar-refractivity contribution < 1.29 is 0 Å². The Balaban J connectivity index is 2.50. The first-order valence-corrected chi connectivity index (χ1v) is 4.49. The molecule has 2 N–H and O–H groups in total. The highest BCUT2D eigenvalue weighted by Gasteiger charge is 2.02. The summed E-state index contributed by atoms with van der Waals surface area (Å²) in [6.07, 6.45) is 0. The van der Waals surface area contributed by atoms with Crippen LogP contribution in [0.3, 0.4) is 0 Å². The third-order valence-electron chi connectivity index (χ3n) is 1.87. The molecule has 0 saturated carbocycles. The molecule has 2 aromatic rings. The average Bonchev–Trinajstić information content (AvgIpc) is 2.20. The lowest BCUT2D eigenvalue weighted by Crippen LogP contribution is -1.92. The van der Waals surface area contributed by atoms with E-state index in [9.17, 15) is 0 Å². The maximum atomic E-state index is 5.79. The van der Waals surface area contributed by atoms with Gasteiger partial charge < -0.3 is 5.73 Å². The minimum atomic E-state index is 0.378. The highest BCUT2D eigenvalue weighted by Crippen LogP contribution is 2.23. The molecule has 0 saturated heterocycles. The van der Waals surface area contributed by atoms with Gasteiger partial charge in [-0.3, -0.25) is 0 Å². The van der Waals surface area contributed by atoms with E-state index in [0.29, 0.717) is 10.8 Å². The number of aromatic nitrogens is 2. The summed E-state index contributed by atoms with van der Waals surface area (Å²) in [5.41, 5.74) is 8.08. The monoisotopic (exact) mass is 205 g/mol. The van der Waals surface area contributed by atoms with Crippen molar-refractivity contribution in [1.82, 2.24) is 10.2 Å². The number of nitrogen functional groups attached to an aromatic ring is 1. The summed E-state index contributed by atoms with van der Waals surface area (Å²) in [6, 6.07) is 11.0. The fourth-order valence-electron chi connectivity index (χ4n) is 1.19. The lowest BCUT2D eigenvalue weighted by molar-refractivity contribution is 1.04. The normalized spacial score (nSPS) is 10.1. The second kappa shape index (κ2) is 3.64. The number of anilines is 1. The van der Waals surface area contributed by atoms with Gasteiger partial charge in [0.15, 0.2) is 5.15 Å². The van der Waals surface area contributed by atoms with E-state index < -0.39 is 0 Å². The summed E-state index contributed by atoms with van der Waals surface area (Å²) in [7, 11) is 0. The van der Waals surface area contributed by atoms with Gasteiger partial charge >= 0.3 is 0 Å². The maximum absolute atomic E-state index is 5.79. The van der Waals surface area contributed by atoms with E-state index in [1.807, 2.05) is 24.3 Å². The van der Waals surface area contributed by atoms with E-state index in [1.165, 1.54) is 0 Å². The van der Waals surface area contributed by atoms with E-state index in [1.54, 1.807) is 12.1 Å². The topological polar surface area (TPSA) is 51.8 Å². The Morgan fingerprint density at radius 1 is 1.00 bits per heavy atom. The maximum Gasteiger partial charge on any atom is 0.151 e. The zero-order valence-corrected chi connectivity index (χ0v) is 8.07. The second-order valence-corrected chi connectivity index (χ2v) is 3.22. The Morgan fingerprint density at radius 3 is 2.43 bits per heavy atom. The molecule has 0 atom stereocenters. The van der Waals surface area contributed by atoms with Gasteiger partial charge in [0.05, 0.1) is 5.69 Å².